The van der Waals surface area contributed by atoms with E-state index in [9.17, 15) is 0 Å². The van der Waals surface area contributed by atoms with Crippen molar-refractivity contribution in [2.24, 2.45) is 0 Å². The first kappa shape index (κ1) is 10.1. The maximum atomic E-state index is 3.61. The van der Waals surface area contributed by atoms with Crippen molar-refractivity contribution in [3.63, 3.8) is 0 Å². The van der Waals surface area contributed by atoms with E-state index < -0.39 is 0 Å². The summed E-state index contributed by atoms with van der Waals surface area (Å²) < 4.78 is 0. The molecule has 0 aliphatic rings. The van der Waals surface area contributed by atoms with Crippen LogP contribution in [0.2, 0.25) is 0 Å². The third kappa shape index (κ3) is 5.52. The van der Waals surface area contributed by atoms with Crippen molar-refractivity contribution >= 4 is 0 Å². The summed E-state index contributed by atoms with van der Waals surface area (Å²) in [6.07, 6.45) is 9.56. The first-order chi connectivity index (χ1) is 5.00. The van der Waals surface area contributed by atoms with Crippen molar-refractivity contribution in [3.8, 4) is 0 Å². The molecule has 2 aromatic heterocycles. The van der Waals surface area contributed by atoms with E-state index in [1.54, 1.807) is 24.8 Å². The topological polar surface area (TPSA) is 54.0 Å². The van der Waals surface area contributed by atoms with Gasteiger partial charge in [0.05, 0.1) is 0 Å². The summed E-state index contributed by atoms with van der Waals surface area (Å²) in [6.45, 7) is 0. The van der Waals surface area contributed by atoms with Crippen LogP contribution in [0, 0.1) is 0 Å². The van der Waals surface area contributed by atoms with Gasteiger partial charge in [0.1, 0.15) is 0 Å². The zero-order chi connectivity index (χ0) is 7.07. The Hall–Kier alpha value is -0.918. The first-order valence-electron chi connectivity index (χ1n) is 2.73. The van der Waals surface area contributed by atoms with Crippen LogP contribution in [0.4, 0.5) is 0 Å². The monoisotopic (exact) mass is 240 g/mol. The third-order valence-electron chi connectivity index (χ3n) is 0.744. The summed E-state index contributed by atoms with van der Waals surface area (Å²) in [5.41, 5.74) is 0. The fourth-order valence-electron chi connectivity index (χ4n) is 0.385. The molecular formula is C6H6N4Pd. The van der Waals surface area contributed by atoms with Crippen LogP contribution in [0.3, 0.4) is 0 Å². The molecule has 0 atom stereocenters. The largest absolute Gasteiger partial charge is 2.00 e. The van der Waals surface area contributed by atoms with Crippen LogP contribution in [-0.2, 0) is 20.4 Å². The maximum Gasteiger partial charge on any atom is 2.00 e. The molecule has 0 N–H and O–H groups in total. The summed E-state index contributed by atoms with van der Waals surface area (Å²) in [5, 5.41) is 0. The number of hydrogen-bond acceptors (Lipinski definition) is 2. The predicted molar refractivity (Wildman–Crippen MR) is 35.1 cm³/mol. The Balaban J connectivity index is 0.000000167. The summed E-state index contributed by atoms with van der Waals surface area (Å²) in [7, 11) is 0. The van der Waals surface area contributed by atoms with Gasteiger partial charge < -0.3 is 19.9 Å². The summed E-state index contributed by atoms with van der Waals surface area (Å²) in [6, 6.07) is 0. The molecule has 4 nitrogen and oxygen atoms in total. The van der Waals surface area contributed by atoms with E-state index in [4.69, 9.17) is 0 Å². The molecule has 0 fully saturated rings. The van der Waals surface area contributed by atoms with Gasteiger partial charge >= 0.3 is 20.4 Å². The van der Waals surface area contributed by atoms with Gasteiger partial charge in [0.2, 0.25) is 0 Å². The molecule has 0 aromatic carbocycles. The minimum atomic E-state index is 0. The van der Waals surface area contributed by atoms with Crippen LogP contribution >= 0.6 is 0 Å². The van der Waals surface area contributed by atoms with Crippen molar-refractivity contribution in [2.45, 2.75) is 0 Å². The standard InChI is InChI=1S/2C3H3N2.Pd/c2*1-2-5-3-4-1;/h2*1-3H;/q2*-1;+2. The Labute approximate surface area is 78.1 Å². The van der Waals surface area contributed by atoms with Gasteiger partial charge in [-0.15, -0.1) is 0 Å². The quantitative estimate of drug-likeness (QED) is 0.612. The average Bonchev–Trinajstić information content (AvgIpc) is 2.67. The Morgan fingerprint density at radius 1 is 0.818 bits per heavy atom. The van der Waals surface area contributed by atoms with Gasteiger partial charge in [-0.05, 0) is 0 Å². The molecule has 2 aromatic rings. The normalized spacial score (nSPS) is 7.27. The molecule has 0 spiro atoms. The number of nitrogens with zero attached hydrogens (tertiary/aromatic N) is 4. The fraction of sp³-hybridized carbons (Fsp3) is 0. The molecule has 0 saturated heterocycles. The fourth-order valence-corrected chi connectivity index (χ4v) is 0.385. The molecule has 60 valence electrons. The molecular weight excluding hydrogens is 235 g/mol. The van der Waals surface area contributed by atoms with Crippen molar-refractivity contribution in [1.82, 2.24) is 19.9 Å². The molecule has 11 heavy (non-hydrogen) atoms. The zero-order valence-electron chi connectivity index (χ0n) is 5.57. The Bertz CT molecular complexity index is 154. The van der Waals surface area contributed by atoms with E-state index in [2.05, 4.69) is 19.9 Å². The third-order valence-corrected chi connectivity index (χ3v) is 0.744. The number of aromatic nitrogens is 4. The number of rotatable bonds is 0. The first-order valence-corrected chi connectivity index (χ1v) is 2.73. The van der Waals surface area contributed by atoms with Crippen LogP contribution in [-0.4, -0.2) is 9.97 Å². The van der Waals surface area contributed by atoms with Crippen molar-refractivity contribution in [1.29, 1.82) is 0 Å². The molecule has 0 aliphatic carbocycles. The molecule has 5 heteroatoms. The van der Waals surface area contributed by atoms with E-state index in [-0.39, 0.29) is 20.4 Å². The van der Waals surface area contributed by atoms with E-state index in [0.717, 1.165) is 0 Å². The molecule has 2 rings (SSSR count). The van der Waals surface area contributed by atoms with Crippen molar-refractivity contribution < 1.29 is 20.4 Å². The number of imidazole rings is 2. The van der Waals surface area contributed by atoms with Crippen LogP contribution in [0.5, 0.6) is 0 Å². The molecule has 0 amide bonds. The average molecular weight is 241 g/mol. The van der Waals surface area contributed by atoms with Crippen LogP contribution < -0.4 is 9.97 Å². The minimum Gasteiger partial charge on any atom is -0.450 e. The van der Waals surface area contributed by atoms with Gasteiger partial charge in [-0.1, -0.05) is 37.4 Å². The van der Waals surface area contributed by atoms with Gasteiger partial charge in [-0.25, -0.2) is 0 Å². The van der Waals surface area contributed by atoms with Crippen LogP contribution in [0.1, 0.15) is 0 Å². The SMILES string of the molecule is [Pd+2].c1c[n-]cn1.c1c[n-]cn1. The van der Waals surface area contributed by atoms with Gasteiger partial charge in [-0.3, -0.25) is 0 Å². The second-order valence-corrected chi connectivity index (χ2v) is 1.42. The summed E-state index contributed by atoms with van der Waals surface area (Å²) >= 11 is 0. The molecule has 0 unspecified atom stereocenters. The molecule has 2 heterocycles. The zero-order valence-corrected chi connectivity index (χ0v) is 7.12. The molecule has 0 bridgehead atoms. The van der Waals surface area contributed by atoms with Gasteiger partial charge in [0.25, 0.3) is 0 Å². The Kier molecular flexibility index (Phi) is 6.59. The van der Waals surface area contributed by atoms with E-state index in [0.29, 0.717) is 0 Å². The van der Waals surface area contributed by atoms with E-state index in [1.807, 2.05) is 0 Å². The van der Waals surface area contributed by atoms with Crippen LogP contribution in [0.25, 0.3) is 0 Å². The summed E-state index contributed by atoms with van der Waals surface area (Å²) in [4.78, 5) is 14.4. The molecule has 0 saturated carbocycles. The number of hydrogen-bond donors (Lipinski definition) is 0. The van der Waals surface area contributed by atoms with Crippen molar-refractivity contribution in [3.05, 3.63) is 37.4 Å². The summed E-state index contributed by atoms with van der Waals surface area (Å²) in [5.74, 6) is 0. The second kappa shape index (κ2) is 7.19. The molecule has 0 radical (unpaired) electrons. The smallest absolute Gasteiger partial charge is 0.450 e. The van der Waals surface area contributed by atoms with Gasteiger partial charge in [-0.2, -0.15) is 0 Å². The maximum absolute atomic E-state index is 3.61. The van der Waals surface area contributed by atoms with E-state index in [1.165, 1.54) is 12.7 Å². The van der Waals surface area contributed by atoms with Crippen LogP contribution in [0.15, 0.2) is 37.4 Å². The predicted octanol–water partition coefficient (Wildman–Crippen LogP) is 0.0751. The van der Waals surface area contributed by atoms with Gasteiger partial charge in [0.15, 0.2) is 0 Å². The van der Waals surface area contributed by atoms with Gasteiger partial charge in [0, 0.05) is 0 Å². The molecule has 0 aliphatic heterocycles. The van der Waals surface area contributed by atoms with Crippen molar-refractivity contribution in [2.75, 3.05) is 0 Å². The van der Waals surface area contributed by atoms with E-state index >= 15 is 0 Å². The Morgan fingerprint density at radius 3 is 1.36 bits per heavy atom. The second-order valence-electron chi connectivity index (χ2n) is 1.42. The minimum absolute atomic E-state index is 0. The Morgan fingerprint density at radius 2 is 1.27 bits per heavy atom.